The number of aliphatic hydroxyl groups excluding tert-OH is 1. The van der Waals surface area contributed by atoms with Gasteiger partial charge in [-0.2, -0.15) is 0 Å². The summed E-state index contributed by atoms with van der Waals surface area (Å²) in [6.07, 6.45) is 0.672. The lowest BCUT2D eigenvalue weighted by Crippen LogP contribution is -2.32. The Labute approximate surface area is 135 Å². The Balaban J connectivity index is 2.41. The fourth-order valence-corrected chi connectivity index (χ4v) is 1.89. The molecule has 1 aromatic carbocycles. The lowest BCUT2D eigenvalue weighted by atomic mass is 9.92. The third-order valence-corrected chi connectivity index (χ3v) is 3.99. The predicted molar refractivity (Wildman–Crippen MR) is 90.8 cm³/mol. The van der Waals surface area contributed by atoms with E-state index in [4.69, 9.17) is 9.47 Å². The summed E-state index contributed by atoms with van der Waals surface area (Å²) in [6.45, 7) is 14.4. The van der Waals surface area contributed by atoms with E-state index in [0.29, 0.717) is 13.2 Å². The second-order valence-corrected chi connectivity index (χ2v) is 7.48. The van der Waals surface area contributed by atoms with Crippen LogP contribution in [0.4, 0.5) is 0 Å². The summed E-state index contributed by atoms with van der Waals surface area (Å²) >= 11 is 0. The molecular formula is C19H32O3. The molecule has 0 fully saturated rings. The van der Waals surface area contributed by atoms with Crippen molar-refractivity contribution in [3.05, 3.63) is 35.4 Å². The van der Waals surface area contributed by atoms with E-state index in [0.717, 1.165) is 24.2 Å². The third-order valence-electron chi connectivity index (χ3n) is 3.99. The van der Waals surface area contributed by atoms with Crippen molar-refractivity contribution in [3.8, 4) is 0 Å². The van der Waals surface area contributed by atoms with Gasteiger partial charge in [0, 0.05) is 0 Å². The number of hydrogen-bond acceptors (Lipinski definition) is 3. The van der Waals surface area contributed by atoms with Gasteiger partial charge >= 0.3 is 0 Å². The van der Waals surface area contributed by atoms with Gasteiger partial charge in [-0.15, -0.1) is 0 Å². The molecule has 0 saturated heterocycles. The lowest BCUT2D eigenvalue weighted by molar-refractivity contribution is -0.0941. The zero-order chi connectivity index (χ0) is 16.8. The first kappa shape index (κ1) is 19.1. The highest BCUT2D eigenvalue weighted by molar-refractivity contribution is 5.23. The van der Waals surface area contributed by atoms with Gasteiger partial charge in [0.1, 0.15) is 0 Å². The van der Waals surface area contributed by atoms with Gasteiger partial charge in [0.2, 0.25) is 0 Å². The zero-order valence-corrected chi connectivity index (χ0v) is 15.0. The first-order chi connectivity index (χ1) is 10.2. The molecule has 3 nitrogen and oxygen atoms in total. The number of rotatable bonds is 9. The highest BCUT2D eigenvalue weighted by Crippen LogP contribution is 2.22. The number of ether oxygens (including phenoxy) is 2. The molecule has 0 spiro atoms. The summed E-state index contributed by atoms with van der Waals surface area (Å²) in [6, 6.07) is 7.88. The summed E-state index contributed by atoms with van der Waals surface area (Å²) < 4.78 is 11.8. The minimum absolute atomic E-state index is 0.215. The van der Waals surface area contributed by atoms with Crippen LogP contribution in [0.25, 0.3) is 0 Å². The number of benzene rings is 1. The molecule has 1 unspecified atom stereocenters. The van der Waals surface area contributed by atoms with E-state index in [9.17, 15) is 5.11 Å². The van der Waals surface area contributed by atoms with Gasteiger partial charge in [0.15, 0.2) is 0 Å². The van der Waals surface area contributed by atoms with Crippen molar-refractivity contribution >= 4 is 0 Å². The molecule has 0 heterocycles. The van der Waals surface area contributed by atoms with Crippen LogP contribution in [0.5, 0.6) is 0 Å². The van der Waals surface area contributed by atoms with Gasteiger partial charge in [0.05, 0.1) is 31.5 Å². The van der Waals surface area contributed by atoms with Crippen molar-refractivity contribution in [3.63, 3.8) is 0 Å². The molecule has 126 valence electrons. The quantitative estimate of drug-likeness (QED) is 0.730. The largest absolute Gasteiger partial charge is 0.389 e. The van der Waals surface area contributed by atoms with E-state index in [1.54, 1.807) is 6.92 Å². The average molecular weight is 308 g/mol. The van der Waals surface area contributed by atoms with E-state index < -0.39 is 6.10 Å². The predicted octanol–water partition coefficient (Wildman–Crippen LogP) is 4.49. The van der Waals surface area contributed by atoms with Crippen LogP contribution in [-0.4, -0.2) is 23.9 Å². The average Bonchev–Trinajstić information content (AvgIpc) is 2.45. The molecule has 0 aliphatic heterocycles. The highest BCUT2D eigenvalue weighted by Gasteiger charge is 2.22. The van der Waals surface area contributed by atoms with Crippen LogP contribution in [0.3, 0.4) is 0 Å². The highest BCUT2D eigenvalue weighted by atomic mass is 16.5. The minimum atomic E-state index is -0.429. The van der Waals surface area contributed by atoms with E-state index in [1.165, 1.54) is 0 Å². The molecular weight excluding hydrogens is 276 g/mol. The maximum Gasteiger partial charge on any atom is 0.0863 e. The molecule has 3 heteroatoms. The van der Waals surface area contributed by atoms with Crippen molar-refractivity contribution < 1.29 is 14.6 Å². The van der Waals surface area contributed by atoms with Crippen molar-refractivity contribution in [2.45, 2.75) is 66.3 Å². The normalized spacial score (nSPS) is 14.1. The van der Waals surface area contributed by atoms with Crippen LogP contribution in [0.15, 0.2) is 24.3 Å². The smallest absolute Gasteiger partial charge is 0.0863 e. The summed E-state index contributed by atoms with van der Waals surface area (Å²) in [4.78, 5) is 0. The summed E-state index contributed by atoms with van der Waals surface area (Å²) in [5.41, 5.74) is 1.93. The van der Waals surface area contributed by atoms with Crippen LogP contribution >= 0.6 is 0 Å². The van der Waals surface area contributed by atoms with E-state index >= 15 is 0 Å². The molecule has 1 aromatic rings. The molecule has 1 rings (SSSR count). The van der Waals surface area contributed by atoms with E-state index in [2.05, 4.69) is 34.6 Å². The van der Waals surface area contributed by atoms with Crippen molar-refractivity contribution in [2.75, 3.05) is 13.2 Å². The molecule has 1 N–H and O–H groups in total. The van der Waals surface area contributed by atoms with Gasteiger partial charge in [-0.3, -0.25) is 0 Å². The van der Waals surface area contributed by atoms with Gasteiger partial charge < -0.3 is 14.6 Å². The first-order valence-electron chi connectivity index (χ1n) is 8.14. The zero-order valence-electron chi connectivity index (χ0n) is 15.0. The van der Waals surface area contributed by atoms with Crippen molar-refractivity contribution in [1.82, 2.24) is 0 Å². The lowest BCUT2D eigenvalue weighted by Gasteiger charge is -2.28. The molecule has 1 atom stereocenters. The fraction of sp³-hybridized carbons (Fsp3) is 0.684. The topological polar surface area (TPSA) is 38.7 Å². The molecule has 0 bridgehead atoms. The molecule has 22 heavy (non-hydrogen) atoms. The standard InChI is InChI=1S/C19H32O3/c1-7-18(3,4)13-21-14-19(5,6)22-12-16-8-10-17(11-9-16)15(2)20/h8-11,15,20H,7,12-14H2,1-6H3. The maximum atomic E-state index is 9.51. The van der Waals surface area contributed by atoms with Gasteiger partial charge in [0.25, 0.3) is 0 Å². The van der Waals surface area contributed by atoms with Gasteiger partial charge in [-0.25, -0.2) is 0 Å². The second kappa shape index (κ2) is 8.09. The van der Waals surface area contributed by atoms with Crippen LogP contribution in [0.1, 0.15) is 65.2 Å². The van der Waals surface area contributed by atoms with E-state index in [1.807, 2.05) is 24.3 Å². The molecule has 0 radical (unpaired) electrons. The maximum absolute atomic E-state index is 9.51. The Kier molecular flexibility index (Phi) is 7.04. The van der Waals surface area contributed by atoms with Crippen LogP contribution in [0, 0.1) is 5.41 Å². The molecule has 0 saturated carbocycles. The van der Waals surface area contributed by atoms with Crippen molar-refractivity contribution in [1.29, 1.82) is 0 Å². The molecule has 0 aliphatic carbocycles. The Morgan fingerprint density at radius 2 is 1.64 bits per heavy atom. The first-order valence-corrected chi connectivity index (χ1v) is 8.14. The minimum Gasteiger partial charge on any atom is -0.389 e. The monoisotopic (exact) mass is 308 g/mol. The molecule has 0 amide bonds. The number of hydrogen-bond donors (Lipinski definition) is 1. The summed E-state index contributed by atoms with van der Waals surface area (Å²) in [5.74, 6) is 0. The Hall–Kier alpha value is -0.900. The molecule has 0 aliphatic rings. The van der Waals surface area contributed by atoms with E-state index in [-0.39, 0.29) is 11.0 Å². The Bertz CT molecular complexity index is 432. The summed E-state index contributed by atoms with van der Waals surface area (Å²) in [5, 5.41) is 9.51. The van der Waals surface area contributed by atoms with Crippen molar-refractivity contribution in [2.24, 2.45) is 5.41 Å². The van der Waals surface area contributed by atoms with Gasteiger partial charge in [-0.05, 0) is 43.7 Å². The number of aliphatic hydroxyl groups is 1. The summed E-state index contributed by atoms with van der Waals surface area (Å²) in [7, 11) is 0. The van der Waals surface area contributed by atoms with Crippen LogP contribution < -0.4 is 0 Å². The second-order valence-electron chi connectivity index (χ2n) is 7.48. The third kappa shape index (κ3) is 6.91. The van der Waals surface area contributed by atoms with Crippen LogP contribution in [0.2, 0.25) is 0 Å². The van der Waals surface area contributed by atoms with Crippen LogP contribution in [-0.2, 0) is 16.1 Å². The molecule has 0 aromatic heterocycles. The Morgan fingerprint density at radius 3 is 2.14 bits per heavy atom. The SMILES string of the molecule is CCC(C)(C)COCC(C)(C)OCc1ccc(C(C)O)cc1. The fourth-order valence-electron chi connectivity index (χ4n) is 1.89. The Morgan fingerprint density at radius 1 is 1.05 bits per heavy atom. The van der Waals surface area contributed by atoms with Gasteiger partial charge in [-0.1, -0.05) is 45.0 Å².